The van der Waals surface area contributed by atoms with Crippen LogP contribution in [0, 0.1) is 0 Å². The lowest BCUT2D eigenvalue weighted by Crippen LogP contribution is -2.70. The molecule has 1 aromatic heterocycles. The Balaban J connectivity index is 0.00000216. The zero-order chi connectivity index (χ0) is 23.5. The van der Waals surface area contributed by atoms with Gasteiger partial charge in [0.15, 0.2) is 10.8 Å². The molecule has 1 unspecified atom stereocenters. The third kappa shape index (κ3) is 6.05. The lowest BCUT2D eigenvalue weighted by Gasteiger charge is -2.48. The Hall–Kier alpha value is -2.84. The van der Waals surface area contributed by atoms with Crippen molar-refractivity contribution in [1.82, 2.24) is 15.2 Å². The maximum Gasteiger partial charge on any atom is 0.352 e. The van der Waals surface area contributed by atoms with Gasteiger partial charge >= 0.3 is 5.97 Å². The molecule has 15 heteroatoms. The summed E-state index contributed by atoms with van der Waals surface area (Å²) in [5.41, 5.74) is 13.1. The van der Waals surface area contributed by atoms with E-state index in [2.05, 4.69) is 15.5 Å². The number of thiazole rings is 1. The van der Waals surface area contributed by atoms with E-state index in [9.17, 15) is 19.5 Å². The summed E-state index contributed by atoms with van der Waals surface area (Å²) >= 11 is 2.49. The molecular weight excluding hydrogens is 539 g/mol. The van der Waals surface area contributed by atoms with Crippen LogP contribution in [0.15, 0.2) is 46.6 Å². The maximum atomic E-state index is 13.0. The maximum absolute atomic E-state index is 13.0. The van der Waals surface area contributed by atoms with Crippen molar-refractivity contribution >= 4 is 76.5 Å². The van der Waals surface area contributed by atoms with Crippen molar-refractivity contribution in [3.63, 3.8) is 0 Å². The molecule has 1 aromatic carbocycles. The lowest BCUT2D eigenvalue weighted by atomic mass is 10.0. The minimum absolute atomic E-state index is 0. The number of amides is 2. The number of carboxylic acid groups (broad SMARTS) is 1. The number of nitrogen functional groups attached to an aromatic ring is 1. The highest BCUT2D eigenvalue weighted by Crippen LogP contribution is 2.37. The Morgan fingerprint density at radius 3 is 2.54 bits per heavy atom. The molecule has 0 aliphatic carbocycles. The number of carbonyl (C=O) groups excluding carboxylic acids is 2. The van der Waals surface area contributed by atoms with Gasteiger partial charge in [0.05, 0.1) is 0 Å². The Labute approximate surface area is 220 Å². The van der Waals surface area contributed by atoms with E-state index >= 15 is 0 Å². The van der Waals surface area contributed by atoms with E-state index in [1.807, 2.05) is 24.3 Å². The third-order valence-corrected chi connectivity index (χ3v) is 6.83. The molecule has 4 rings (SSSR count). The third-order valence-electron chi connectivity index (χ3n) is 4.98. The Kier molecular flexibility index (Phi) is 9.92. The first kappa shape index (κ1) is 28.4. The average Bonchev–Trinajstić information content (AvgIpc) is 3.25. The van der Waals surface area contributed by atoms with Crippen LogP contribution in [0.4, 0.5) is 5.13 Å². The smallest absolute Gasteiger partial charge is 0.352 e. The van der Waals surface area contributed by atoms with Crippen molar-refractivity contribution in [2.24, 2.45) is 10.9 Å². The standard InChI is InChI=1S/C20H20N6O5S2.2ClH/c21-7-10-1-3-11(4-2-10)8-31-25-14(12-9-33-20(22)23-12)16(27)24-15-17(28)26-13(19(29)30)5-6-32-18(15)26;;/h1-5,9,15,18H,6-8,21H2,(H2,22,23)(H,24,27)(H,29,30);2*1H/b25-14-;;/t15?,18-;;/m1../s1. The molecule has 0 bridgehead atoms. The number of benzene rings is 1. The van der Waals surface area contributed by atoms with Crippen LogP contribution in [0.2, 0.25) is 0 Å². The van der Waals surface area contributed by atoms with Gasteiger partial charge in [0.1, 0.15) is 29.4 Å². The van der Waals surface area contributed by atoms with E-state index in [0.717, 1.165) is 22.5 Å². The van der Waals surface area contributed by atoms with Gasteiger partial charge in [0, 0.05) is 17.7 Å². The Morgan fingerprint density at radius 1 is 1.26 bits per heavy atom. The molecule has 2 atom stereocenters. The molecule has 0 saturated carbocycles. The molecule has 11 nitrogen and oxygen atoms in total. The number of fused-ring (bicyclic) bond motifs is 1. The number of hydrogen-bond donors (Lipinski definition) is 4. The van der Waals surface area contributed by atoms with Gasteiger partial charge in [0.25, 0.3) is 11.8 Å². The SMILES string of the molecule is Cl.Cl.NCc1ccc(CO/N=C(\C(=O)NC2C(=O)N3C(C(=O)O)=CCS[C@H]23)c2csc(N)n2)cc1. The fraction of sp³-hybridized carbons (Fsp3) is 0.250. The molecule has 2 aromatic rings. The summed E-state index contributed by atoms with van der Waals surface area (Å²) in [6.45, 7) is 0.526. The Morgan fingerprint density at radius 2 is 1.94 bits per heavy atom. The zero-order valence-corrected chi connectivity index (χ0v) is 21.2. The van der Waals surface area contributed by atoms with Crippen molar-refractivity contribution in [3.8, 4) is 0 Å². The zero-order valence-electron chi connectivity index (χ0n) is 17.9. The highest BCUT2D eigenvalue weighted by atomic mass is 35.5. The molecule has 2 aliphatic heterocycles. The molecule has 0 radical (unpaired) electrons. The highest BCUT2D eigenvalue weighted by molar-refractivity contribution is 8.00. The van der Waals surface area contributed by atoms with Crippen LogP contribution < -0.4 is 16.8 Å². The number of thioether (sulfide) groups is 1. The number of aromatic nitrogens is 1. The molecule has 35 heavy (non-hydrogen) atoms. The molecule has 1 saturated heterocycles. The first-order valence-corrected chi connectivity index (χ1v) is 11.7. The predicted molar refractivity (Wildman–Crippen MR) is 137 cm³/mol. The van der Waals surface area contributed by atoms with Crippen molar-refractivity contribution in [1.29, 1.82) is 0 Å². The Bertz CT molecular complexity index is 1160. The van der Waals surface area contributed by atoms with Crippen LogP contribution in [-0.4, -0.2) is 55.7 Å². The minimum atomic E-state index is -1.19. The fourth-order valence-corrected chi connectivity index (χ4v) is 5.03. The number of nitrogens with one attached hydrogen (secondary N) is 1. The van der Waals surface area contributed by atoms with Gasteiger partial charge in [-0.05, 0) is 17.2 Å². The first-order valence-electron chi connectivity index (χ1n) is 9.77. The average molecular weight is 561 g/mol. The summed E-state index contributed by atoms with van der Waals surface area (Å²) in [6.07, 6.45) is 1.47. The van der Waals surface area contributed by atoms with Gasteiger partial charge in [-0.15, -0.1) is 47.9 Å². The van der Waals surface area contributed by atoms with Gasteiger partial charge in [-0.2, -0.15) is 0 Å². The molecule has 6 N–H and O–H groups in total. The summed E-state index contributed by atoms with van der Waals surface area (Å²) in [4.78, 5) is 47.5. The molecule has 3 heterocycles. The number of rotatable bonds is 8. The van der Waals surface area contributed by atoms with E-state index in [4.69, 9.17) is 16.3 Å². The summed E-state index contributed by atoms with van der Waals surface area (Å²) in [5, 5.41) is 17.2. The normalized spacial score (nSPS) is 18.8. The van der Waals surface area contributed by atoms with Crippen LogP contribution >= 0.6 is 47.9 Å². The monoisotopic (exact) mass is 560 g/mol. The van der Waals surface area contributed by atoms with E-state index in [-0.39, 0.29) is 53.7 Å². The number of halogens is 2. The number of oxime groups is 1. The van der Waals surface area contributed by atoms with Crippen LogP contribution in [-0.2, 0) is 32.4 Å². The largest absolute Gasteiger partial charge is 0.477 e. The number of hydrogen-bond acceptors (Lipinski definition) is 10. The molecule has 1 fully saturated rings. The van der Waals surface area contributed by atoms with Gasteiger partial charge in [-0.1, -0.05) is 29.4 Å². The van der Waals surface area contributed by atoms with Crippen molar-refractivity contribution in [3.05, 3.63) is 58.2 Å². The number of β-lactam (4-membered cyclic amide) rings is 1. The first-order chi connectivity index (χ1) is 15.9. The quantitative estimate of drug-likeness (QED) is 0.211. The van der Waals surface area contributed by atoms with E-state index in [1.54, 1.807) is 5.38 Å². The summed E-state index contributed by atoms with van der Waals surface area (Å²) < 4.78 is 0. The molecule has 2 amide bonds. The second-order valence-electron chi connectivity index (χ2n) is 7.08. The van der Waals surface area contributed by atoms with Crippen molar-refractivity contribution in [2.75, 3.05) is 11.5 Å². The topological polar surface area (TPSA) is 173 Å². The number of nitrogens with two attached hydrogens (primary N) is 2. The summed E-state index contributed by atoms with van der Waals surface area (Å²) in [6, 6.07) is 6.52. The van der Waals surface area contributed by atoms with Gasteiger partial charge in [0.2, 0.25) is 0 Å². The molecule has 0 spiro atoms. The highest BCUT2D eigenvalue weighted by Gasteiger charge is 2.53. The fourth-order valence-electron chi connectivity index (χ4n) is 3.29. The predicted octanol–water partition coefficient (Wildman–Crippen LogP) is 1.32. The van der Waals surface area contributed by atoms with Crippen LogP contribution in [0.5, 0.6) is 0 Å². The number of aliphatic carboxylic acids is 1. The second kappa shape index (κ2) is 12.2. The van der Waals surface area contributed by atoms with E-state index in [0.29, 0.717) is 12.3 Å². The lowest BCUT2D eigenvalue weighted by molar-refractivity contribution is -0.150. The van der Waals surface area contributed by atoms with Gasteiger partial charge in [-0.25, -0.2) is 9.78 Å². The van der Waals surface area contributed by atoms with Crippen LogP contribution in [0.1, 0.15) is 16.8 Å². The number of nitrogens with zero attached hydrogens (tertiary/aromatic N) is 3. The molecule has 188 valence electrons. The van der Waals surface area contributed by atoms with E-state index in [1.165, 1.54) is 22.7 Å². The van der Waals surface area contributed by atoms with Gasteiger partial charge in [-0.3, -0.25) is 14.5 Å². The summed E-state index contributed by atoms with van der Waals surface area (Å²) in [7, 11) is 0. The van der Waals surface area contributed by atoms with Crippen molar-refractivity contribution < 1.29 is 24.3 Å². The second-order valence-corrected chi connectivity index (χ2v) is 9.12. The number of anilines is 1. The van der Waals surface area contributed by atoms with Crippen molar-refractivity contribution in [2.45, 2.75) is 24.6 Å². The summed E-state index contributed by atoms with van der Waals surface area (Å²) in [5.74, 6) is -1.96. The van der Waals surface area contributed by atoms with Crippen LogP contribution in [0.3, 0.4) is 0 Å². The van der Waals surface area contributed by atoms with Gasteiger partial charge < -0.3 is 26.7 Å². The number of carboxylic acids is 1. The van der Waals surface area contributed by atoms with Crippen LogP contribution in [0.25, 0.3) is 0 Å². The number of carbonyl (C=O) groups is 3. The molecular formula is C20H22Cl2N6O5S2. The molecule has 2 aliphatic rings. The minimum Gasteiger partial charge on any atom is -0.477 e. The van der Waals surface area contributed by atoms with E-state index < -0.39 is 29.2 Å².